The number of carbonyl (C=O) groups is 1. The molecule has 1 N–H and O–H groups in total. The fourth-order valence-corrected chi connectivity index (χ4v) is 4.43. The molecule has 1 amide bonds. The van der Waals surface area contributed by atoms with E-state index in [0.717, 1.165) is 21.9 Å². The Balaban J connectivity index is 1.55. The highest BCUT2D eigenvalue weighted by Gasteiger charge is 2.25. The van der Waals surface area contributed by atoms with Gasteiger partial charge in [0.2, 0.25) is 0 Å². The van der Waals surface area contributed by atoms with Gasteiger partial charge in [-0.1, -0.05) is 41.9 Å². The first kappa shape index (κ1) is 23.9. The van der Waals surface area contributed by atoms with Crippen molar-refractivity contribution in [3.8, 4) is 11.5 Å². The molecule has 0 bridgehead atoms. The fourth-order valence-electron chi connectivity index (χ4n) is 4.24. The maximum atomic E-state index is 13.3. The molecule has 4 rings (SSSR count). The predicted molar refractivity (Wildman–Crippen MR) is 132 cm³/mol. The van der Waals surface area contributed by atoms with Crippen molar-refractivity contribution in [2.24, 2.45) is 0 Å². The minimum Gasteiger partial charge on any atom is -0.497 e. The number of hydrogen-bond acceptors (Lipinski definition) is 5. The van der Waals surface area contributed by atoms with E-state index in [-0.39, 0.29) is 11.5 Å². The first-order valence-electron chi connectivity index (χ1n) is 11.2. The molecule has 1 aromatic heterocycles. The predicted octanol–water partition coefficient (Wildman–Crippen LogP) is 3.51. The van der Waals surface area contributed by atoms with Crippen LogP contribution in [0.15, 0.2) is 59.4 Å². The molecule has 8 heteroatoms. The number of halogens is 1. The van der Waals surface area contributed by atoms with Crippen molar-refractivity contribution in [2.75, 3.05) is 27.3 Å². The lowest BCUT2D eigenvalue weighted by Gasteiger charge is -2.20. The Hall–Kier alpha value is -3.29. The summed E-state index contributed by atoms with van der Waals surface area (Å²) in [7, 11) is 3.09. The van der Waals surface area contributed by atoms with Crippen LogP contribution in [-0.2, 0) is 26.1 Å². The van der Waals surface area contributed by atoms with Gasteiger partial charge in [-0.15, -0.1) is 0 Å². The van der Waals surface area contributed by atoms with E-state index >= 15 is 0 Å². The molecular formula is C26H28ClN3O4. The summed E-state index contributed by atoms with van der Waals surface area (Å²) in [6.45, 7) is 2.89. The summed E-state index contributed by atoms with van der Waals surface area (Å²) in [4.78, 5) is 28.4. The molecule has 178 valence electrons. The number of rotatable bonds is 7. The van der Waals surface area contributed by atoms with Gasteiger partial charge < -0.3 is 19.4 Å². The SMILES string of the molecule is COc1ccc(CNC(=O)c2c(OC)cc(=O)n3c2CCN(Cc2ccccc2Cl)CC3)cc1. The summed E-state index contributed by atoms with van der Waals surface area (Å²) < 4.78 is 12.3. The summed E-state index contributed by atoms with van der Waals surface area (Å²) in [6.07, 6.45) is 0.544. The molecule has 2 heterocycles. The van der Waals surface area contributed by atoms with Gasteiger partial charge in [-0.3, -0.25) is 14.5 Å². The Morgan fingerprint density at radius 2 is 1.79 bits per heavy atom. The zero-order chi connectivity index (χ0) is 24.1. The number of carbonyl (C=O) groups excluding carboxylic acids is 1. The van der Waals surface area contributed by atoms with Crippen molar-refractivity contribution in [3.05, 3.63) is 92.4 Å². The minimum absolute atomic E-state index is 0.168. The van der Waals surface area contributed by atoms with Crippen LogP contribution >= 0.6 is 11.6 Å². The Bertz CT molecular complexity index is 1220. The average Bonchev–Trinajstić information content (AvgIpc) is 3.07. The fraction of sp³-hybridized carbons (Fsp3) is 0.308. The lowest BCUT2D eigenvalue weighted by molar-refractivity contribution is 0.0945. The third-order valence-electron chi connectivity index (χ3n) is 6.10. The molecule has 0 fully saturated rings. The summed E-state index contributed by atoms with van der Waals surface area (Å²) >= 11 is 6.35. The quantitative estimate of drug-likeness (QED) is 0.559. The van der Waals surface area contributed by atoms with E-state index in [4.69, 9.17) is 21.1 Å². The second-order valence-corrected chi connectivity index (χ2v) is 8.58. The van der Waals surface area contributed by atoms with Crippen LogP contribution in [0, 0.1) is 0 Å². The smallest absolute Gasteiger partial charge is 0.257 e. The van der Waals surface area contributed by atoms with Crippen LogP contribution in [0.5, 0.6) is 11.5 Å². The number of ether oxygens (including phenoxy) is 2. The lowest BCUT2D eigenvalue weighted by Crippen LogP contribution is -2.31. The number of nitrogens with zero attached hydrogens (tertiary/aromatic N) is 2. The molecule has 0 atom stereocenters. The molecule has 1 aliphatic heterocycles. The minimum atomic E-state index is -0.268. The molecule has 0 saturated carbocycles. The Labute approximate surface area is 203 Å². The number of amides is 1. The monoisotopic (exact) mass is 481 g/mol. The molecule has 3 aromatic rings. The topological polar surface area (TPSA) is 72.8 Å². The highest BCUT2D eigenvalue weighted by atomic mass is 35.5. The van der Waals surface area contributed by atoms with E-state index in [1.807, 2.05) is 48.5 Å². The zero-order valence-corrected chi connectivity index (χ0v) is 20.1. The summed E-state index contributed by atoms with van der Waals surface area (Å²) in [6, 6.07) is 16.7. The lowest BCUT2D eigenvalue weighted by atomic mass is 10.1. The molecule has 0 aliphatic carbocycles. The van der Waals surface area contributed by atoms with E-state index in [2.05, 4.69) is 10.2 Å². The van der Waals surface area contributed by atoms with Gasteiger partial charge in [-0.2, -0.15) is 0 Å². The summed E-state index contributed by atoms with van der Waals surface area (Å²) in [5.74, 6) is 0.782. The van der Waals surface area contributed by atoms with Gasteiger partial charge in [0.15, 0.2) is 0 Å². The van der Waals surface area contributed by atoms with Crippen molar-refractivity contribution in [2.45, 2.75) is 26.1 Å². The molecule has 0 saturated heterocycles. The third kappa shape index (κ3) is 5.26. The molecular weight excluding hydrogens is 454 g/mol. The normalized spacial score (nSPS) is 13.6. The number of nitrogens with one attached hydrogen (secondary N) is 1. The van der Waals surface area contributed by atoms with E-state index in [1.165, 1.54) is 13.2 Å². The van der Waals surface area contributed by atoms with Crippen LogP contribution in [0.25, 0.3) is 0 Å². The Morgan fingerprint density at radius 3 is 2.50 bits per heavy atom. The van der Waals surface area contributed by atoms with E-state index in [0.29, 0.717) is 56.2 Å². The van der Waals surface area contributed by atoms with Crippen LogP contribution in [0.1, 0.15) is 27.2 Å². The molecule has 0 unspecified atom stereocenters. The highest BCUT2D eigenvalue weighted by Crippen LogP contribution is 2.24. The Morgan fingerprint density at radius 1 is 1.03 bits per heavy atom. The van der Waals surface area contributed by atoms with Gasteiger partial charge in [0, 0.05) is 55.9 Å². The van der Waals surface area contributed by atoms with Crippen LogP contribution in [0.4, 0.5) is 0 Å². The zero-order valence-electron chi connectivity index (χ0n) is 19.3. The number of hydrogen-bond donors (Lipinski definition) is 1. The molecule has 34 heavy (non-hydrogen) atoms. The molecule has 7 nitrogen and oxygen atoms in total. The molecule has 1 aliphatic rings. The number of benzene rings is 2. The Kier molecular flexibility index (Phi) is 7.55. The molecule has 0 radical (unpaired) electrons. The van der Waals surface area contributed by atoms with Gasteiger partial charge in [0.1, 0.15) is 17.1 Å². The number of aromatic nitrogens is 1. The number of pyridine rings is 1. The second-order valence-electron chi connectivity index (χ2n) is 8.17. The van der Waals surface area contributed by atoms with Crippen LogP contribution in [-0.4, -0.2) is 42.7 Å². The first-order chi connectivity index (χ1) is 16.5. The molecule has 2 aromatic carbocycles. The summed E-state index contributed by atoms with van der Waals surface area (Å²) in [5, 5.41) is 3.69. The third-order valence-corrected chi connectivity index (χ3v) is 6.47. The molecule has 0 spiro atoms. The van der Waals surface area contributed by atoms with Gasteiger partial charge in [0.05, 0.1) is 14.2 Å². The maximum Gasteiger partial charge on any atom is 0.257 e. The van der Waals surface area contributed by atoms with Crippen molar-refractivity contribution >= 4 is 17.5 Å². The van der Waals surface area contributed by atoms with E-state index in [9.17, 15) is 9.59 Å². The number of fused-ring (bicyclic) bond motifs is 1. The standard InChI is InChI=1S/C26H28ClN3O4/c1-33-20-9-7-18(8-10-20)16-28-26(32)25-22-11-12-29(17-19-5-3-4-6-21(19)27)13-14-30(22)24(31)15-23(25)34-2/h3-10,15H,11-14,16-17H2,1-2H3,(H,28,32). The van der Waals surface area contributed by atoms with Crippen molar-refractivity contribution < 1.29 is 14.3 Å². The highest BCUT2D eigenvalue weighted by molar-refractivity contribution is 6.31. The maximum absolute atomic E-state index is 13.3. The van der Waals surface area contributed by atoms with Crippen LogP contribution in [0.3, 0.4) is 0 Å². The van der Waals surface area contributed by atoms with E-state index in [1.54, 1.807) is 11.7 Å². The second kappa shape index (κ2) is 10.8. The van der Waals surface area contributed by atoms with Gasteiger partial charge in [0.25, 0.3) is 11.5 Å². The summed E-state index contributed by atoms with van der Waals surface area (Å²) in [5.41, 5.74) is 2.92. The van der Waals surface area contributed by atoms with Crippen LogP contribution < -0.4 is 20.3 Å². The van der Waals surface area contributed by atoms with Gasteiger partial charge >= 0.3 is 0 Å². The van der Waals surface area contributed by atoms with Crippen molar-refractivity contribution in [1.82, 2.24) is 14.8 Å². The van der Waals surface area contributed by atoms with Gasteiger partial charge in [-0.25, -0.2) is 0 Å². The van der Waals surface area contributed by atoms with Crippen molar-refractivity contribution in [1.29, 1.82) is 0 Å². The van der Waals surface area contributed by atoms with Crippen molar-refractivity contribution in [3.63, 3.8) is 0 Å². The average molecular weight is 482 g/mol. The van der Waals surface area contributed by atoms with Gasteiger partial charge in [-0.05, 0) is 29.3 Å². The van der Waals surface area contributed by atoms with Crippen LogP contribution in [0.2, 0.25) is 5.02 Å². The van der Waals surface area contributed by atoms with E-state index < -0.39 is 0 Å². The largest absolute Gasteiger partial charge is 0.497 e. The number of methoxy groups -OCH3 is 2. The first-order valence-corrected chi connectivity index (χ1v) is 11.6.